The smallest absolute Gasteiger partial charge is 0.339 e. The van der Waals surface area contributed by atoms with Gasteiger partial charge in [0.15, 0.2) is 0 Å². The Morgan fingerprint density at radius 2 is 1.63 bits per heavy atom. The first-order valence-electron chi connectivity index (χ1n) is 10.5. The zero-order chi connectivity index (χ0) is 27.7. The molecule has 13 heteroatoms. The molecule has 0 bridgehead atoms. The molecule has 0 aromatic heterocycles. The quantitative estimate of drug-likeness (QED) is 0.285. The summed E-state index contributed by atoms with van der Waals surface area (Å²) in [4.78, 5) is 50.9. The number of halogens is 4. The monoisotopic (exact) mass is 593 g/mol. The number of carbonyl (C=O) groups excluding carboxylic acids is 3. The van der Waals surface area contributed by atoms with Crippen LogP contribution in [0.2, 0.25) is 15.1 Å². The van der Waals surface area contributed by atoms with Crippen molar-refractivity contribution in [3.8, 4) is 5.75 Å². The fourth-order valence-corrected chi connectivity index (χ4v) is 4.36. The van der Waals surface area contributed by atoms with E-state index in [9.17, 15) is 24.3 Å². The van der Waals surface area contributed by atoms with Crippen molar-refractivity contribution >= 4 is 87.2 Å². The molecular formula is C25H15Cl4N3O6. The maximum absolute atomic E-state index is 13.1. The molecule has 4 rings (SSSR count). The van der Waals surface area contributed by atoms with Gasteiger partial charge in [0.25, 0.3) is 17.7 Å². The van der Waals surface area contributed by atoms with Gasteiger partial charge >= 0.3 is 5.97 Å². The molecule has 0 saturated carbocycles. The summed E-state index contributed by atoms with van der Waals surface area (Å²) in [6.07, 6.45) is 0. The van der Waals surface area contributed by atoms with Gasteiger partial charge in [-0.25, -0.2) is 9.69 Å². The second-order valence-corrected chi connectivity index (χ2v) is 9.28. The third kappa shape index (κ3) is 5.14. The first-order chi connectivity index (χ1) is 18.0. The van der Waals surface area contributed by atoms with Gasteiger partial charge in [-0.3, -0.25) is 14.4 Å². The van der Waals surface area contributed by atoms with Crippen molar-refractivity contribution in [1.29, 1.82) is 0 Å². The van der Waals surface area contributed by atoms with Gasteiger partial charge in [0.1, 0.15) is 22.0 Å². The van der Waals surface area contributed by atoms with Crippen LogP contribution in [0.1, 0.15) is 20.7 Å². The van der Waals surface area contributed by atoms with Crippen molar-refractivity contribution in [3.63, 3.8) is 0 Å². The number of carboxylic acids is 1. The molecule has 3 N–H and O–H groups in total. The summed E-state index contributed by atoms with van der Waals surface area (Å²) in [5.74, 6) is -3.41. The first-order valence-corrected chi connectivity index (χ1v) is 12.1. The Bertz CT molecular complexity index is 1560. The summed E-state index contributed by atoms with van der Waals surface area (Å²) < 4.78 is 5.07. The van der Waals surface area contributed by atoms with Crippen LogP contribution in [0.3, 0.4) is 0 Å². The molecular weight excluding hydrogens is 580 g/mol. The van der Waals surface area contributed by atoms with Crippen LogP contribution in [0.5, 0.6) is 5.75 Å². The minimum atomic E-state index is -1.25. The van der Waals surface area contributed by atoms with Gasteiger partial charge in [-0.15, -0.1) is 0 Å². The number of anilines is 3. The van der Waals surface area contributed by atoms with E-state index in [1.807, 2.05) is 0 Å². The van der Waals surface area contributed by atoms with E-state index in [1.165, 1.54) is 49.6 Å². The van der Waals surface area contributed by atoms with Gasteiger partial charge < -0.3 is 20.5 Å². The van der Waals surface area contributed by atoms with Gasteiger partial charge in [0.2, 0.25) is 0 Å². The predicted octanol–water partition coefficient (Wildman–Crippen LogP) is 6.04. The molecule has 0 radical (unpaired) electrons. The molecule has 3 aromatic carbocycles. The SMILES string of the molecule is COc1cc(NC(=O)c2cccc(NC3=C(Cl)C(=O)N(c4cccc(Cl)c4Cl)C3=O)c2)c(Cl)cc1C(=O)O. The Kier molecular flexibility index (Phi) is 7.84. The molecule has 1 aliphatic rings. The summed E-state index contributed by atoms with van der Waals surface area (Å²) >= 11 is 24.5. The van der Waals surface area contributed by atoms with Crippen molar-refractivity contribution in [3.05, 3.63) is 91.5 Å². The summed E-state index contributed by atoms with van der Waals surface area (Å²) in [6.45, 7) is 0. The number of hydrogen-bond acceptors (Lipinski definition) is 6. The summed E-state index contributed by atoms with van der Waals surface area (Å²) in [5.41, 5.74) is 0.219. The van der Waals surface area contributed by atoms with Crippen LogP contribution in [-0.2, 0) is 9.59 Å². The highest BCUT2D eigenvalue weighted by molar-refractivity contribution is 6.54. The number of carboxylic acid groups (broad SMARTS) is 1. The number of aromatic carboxylic acids is 1. The Balaban J connectivity index is 1.57. The lowest BCUT2D eigenvalue weighted by atomic mass is 10.1. The van der Waals surface area contributed by atoms with Crippen molar-refractivity contribution in [2.75, 3.05) is 22.6 Å². The van der Waals surface area contributed by atoms with Crippen LogP contribution < -0.4 is 20.3 Å². The van der Waals surface area contributed by atoms with E-state index in [1.54, 1.807) is 6.07 Å². The number of hydrogen-bond donors (Lipinski definition) is 3. The normalized spacial score (nSPS) is 13.1. The second-order valence-electron chi connectivity index (χ2n) is 7.71. The van der Waals surface area contributed by atoms with Gasteiger partial charge in [-0.1, -0.05) is 58.5 Å². The van der Waals surface area contributed by atoms with Crippen LogP contribution in [0.4, 0.5) is 17.1 Å². The number of carbonyl (C=O) groups is 4. The highest BCUT2D eigenvalue weighted by atomic mass is 35.5. The molecule has 0 atom stereocenters. The van der Waals surface area contributed by atoms with Crippen LogP contribution in [0, 0.1) is 0 Å². The Morgan fingerprint density at radius 3 is 2.32 bits per heavy atom. The van der Waals surface area contributed by atoms with E-state index < -0.39 is 23.7 Å². The van der Waals surface area contributed by atoms with Gasteiger partial charge in [-0.05, 0) is 36.4 Å². The van der Waals surface area contributed by atoms with Crippen molar-refractivity contribution in [2.24, 2.45) is 0 Å². The average Bonchev–Trinajstić information content (AvgIpc) is 3.09. The number of ether oxygens (including phenoxy) is 1. The highest BCUT2D eigenvalue weighted by Gasteiger charge is 2.40. The number of rotatable bonds is 7. The van der Waals surface area contributed by atoms with E-state index in [4.69, 9.17) is 51.1 Å². The summed E-state index contributed by atoms with van der Waals surface area (Å²) in [6, 6.07) is 12.9. The molecule has 1 heterocycles. The zero-order valence-corrected chi connectivity index (χ0v) is 22.2. The first kappa shape index (κ1) is 27.3. The lowest BCUT2D eigenvalue weighted by Crippen LogP contribution is -2.32. The maximum Gasteiger partial charge on any atom is 0.339 e. The van der Waals surface area contributed by atoms with Gasteiger partial charge in [0, 0.05) is 17.3 Å². The van der Waals surface area contributed by atoms with Crippen molar-refractivity contribution < 1.29 is 29.0 Å². The fourth-order valence-electron chi connectivity index (χ4n) is 3.56. The lowest BCUT2D eigenvalue weighted by molar-refractivity contribution is -0.120. The van der Waals surface area contributed by atoms with Crippen LogP contribution in [-0.4, -0.2) is 35.9 Å². The van der Waals surface area contributed by atoms with Gasteiger partial charge in [-0.2, -0.15) is 0 Å². The second kappa shape index (κ2) is 10.9. The third-order valence-corrected chi connectivity index (χ3v) is 6.83. The predicted molar refractivity (Wildman–Crippen MR) is 145 cm³/mol. The highest BCUT2D eigenvalue weighted by Crippen LogP contribution is 2.37. The van der Waals surface area contributed by atoms with E-state index >= 15 is 0 Å². The summed E-state index contributed by atoms with van der Waals surface area (Å²) in [5, 5.41) is 14.4. The van der Waals surface area contributed by atoms with Crippen LogP contribution >= 0.6 is 46.4 Å². The van der Waals surface area contributed by atoms with E-state index in [-0.39, 0.29) is 59.7 Å². The molecule has 0 saturated heterocycles. The average molecular weight is 595 g/mol. The van der Waals surface area contributed by atoms with E-state index in [2.05, 4.69) is 10.6 Å². The number of imide groups is 1. The lowest BCUT2D eigenvalue weighted by Gasteiger charge is -2.17. The van der Waals surface area contributed by atoms with E-state index in [0.29, 0.717) is 0 Å². The number of amides is 3. The topological polar surface area (TPSA) is 125 Å². The molecule has 3 amide bonds. The fraction of sp³-hybridized carbons (Fsp3) is 0.0400. The molecule has 0 aliphatic carbocycles. The molecule has 0 spiro atoms. The Labute approximate surface area is 235 Å². The summed E-state index contributed by atoms with van der Waals surface area (Å²) in [7, 11) is 1.28. The molecule has 194 valence electrons. The number of nitrogens with one attached hydrogen (secondary N) is 2. The minimum Gasteiger partial charge on any atom is -0.496 e. The molecule has 1 aliphatic heterocycles. The van der Waals surface area contributed by atoms with Gasteiger partial charge in [0.05, 0.1) is 33.6 Å². The molecule has 0 unspecified atom stereocenters. The molecule has 0 fully saturated rings. The maximum atomic E-state index is 13.1. The van der Waals surface area contributed by atoms with Crippen LogP contribution in [0.15, 0.2) is 65.3 Å². The zero-order valence-electron chi connectivity index (χ0n) is 19.1. The minimum absolute atomic E-state index is 0.00275. The Morgan fingerprint density at radius 1 is 0.921 bits per heavy atom. The number of methoxy groups -OCH3 is 1. The van der Waals surface area contributed by atoms with Crippen molar-refractivity contribution in [1.82, 2.24) is 0 Å². The molecule has 38 heavy (non-hydrogen) atoms. The number of nitrogens with zero attached hydrogens (tertiary/aromatic N) is 1. The standard InChI is InChI=1S/C25H15Cl4N3O6/c1-38-18-10-16(15(27)9-13(18)25(36)37)31-22(33)11-4-2-5-12(8-11)30-21-20(29)23(34)32(24(21)35)17-7-3-6-14(26)19(17)28/h2-10,30H,1H3,(H,31,33)(H,36,37). The van der Waals surface area contributed by atoms with Crippen molar-refractivity contribution in [2.45, 2.75) is 0 Å². The molecule has 3 aromatic rings. The molecule has 9 nitrogen and oxygen atoms in total. The number of benzene rings is 3. The van der Waals surface area contributed by atoms with E-state index in [0.717, 1.165) is 11.0 Å². The largest absolute Gasteiger partial charge is 0.496 e. The third-order valence-electron chi connectivity index (χ3n) is 5.36. The Hall–Kier alpha value is -3.76. The van der Waals surface area contributed by atoms with Crippen LogP contribution in [0.25, 0.3) is 0 Å².